The average Bonchev–Trinajstić information content (AvgIpc) is 3.14. The number of nitrogens with zero attached hydrogens (tertiary/aromatic N) is 5. The van der Waals surface area contributed by atoms with E-state index in [2.05, 4.69) is 44.7 Å². The van der Waals surface area contributed by atoms with Crippen LogP contribution in [-0.2, 0) is 13.6 Å². The molecule has 1 aromatic carbocycles. The molecule has 118 valence electrons. The molecule has 1 fully saturated rings. The van der Waals surface area contributed by atoms with Crippen molar-refractivity contribution in [2.24, 2.45) is 7.05 Å². The van der Waals surface area contributed by atoms with E-state index >= 15 is 0 Å². The summed E-state index contributed by atoms with van der Waals surface area (Å²) in [6.07, 6.45) is 6.06. The molecular formula is C18H21N5. The molecule has 0 aliphatic carbocycles. The number of para-hydroxylation sites is 2. The molecule has 1 aliphatic rings. The second kappa shape index (κ2) is 5.74. The number of benzene rings is 1. The number of fused-ring (bicyclic) bond motifs is 1. The van der Waals surface area contributed by atoms with Crippen LogP contribution in [0.5, 0.6) is 0 Å². The number of rotatable bonds is 3. The lowest BCUT2D eigenvalue weighted by Gasteiger charge is -2.23. The zero-order valence-electron chi connectivity index (χ0n) is 13.6. The Balaban J connectivity index is 1.63. The van der Waals surface area contributed by atoms with Gasteiger partial charge in [0.15, 0.2) is 0 Å². The summed E-state index contributed by atoms with van der Waals surface area (Å²) in [5.74, 6) is 1.11. The molecule has 1 aliphatic heterocycles. The molecular weight excluding hydrogens is 286 g/mol. The Morgan fingerprint density at radius 2 is 2.04 bits per heavy atom. The minimum Gasteiger partial charge on any atom is -0.330 e. The first-order chi connectivity index (χ1) is 11.2. The van der Waals surface area contributed by atoms with E-state index in [1.807, 2.05) is 25.4 Å². The van der Waals surface area contributed by atoms with Crippen LogP contribution in [0.4, 0.5) is 0 Å². The van der Waals surface area contributed by atoms with Crippen molar-refractivity contribution < 1.29 is 0 Å². The predicted octanol–water partition coefficient (Wildman–Crippen LogP) is 3.01. The average molecular weight is 307 g/mol. The minimum atomic E-state index is 0.349. The zero-order chi connectivity index (χ0) is 15.8. The molecule has 3 aromatic rings. The summed E-state index contributed by atoms with van der Waals surface area (Å²) in [4.78, 5) is 16.3. The summed E-state index contributed by atoms with van der Waals surface area (Å²) in [5, 5.41) is 0. The smallest absolute Gasteiger partial charge is 0.123 e. The Kier molecular flexibility index (Phi) is 3.58. The van der Waals surface area contributed by atoms with E-state index < -0.39 is 0 Å². The summed E-state index contributed by atoms with van der Waals surface area (Å²) in [7, 11) is 2.10. The van der Waals surface area contributed by atoms with Crippen molar-refractivity contribution in [3.63, 3.8) is 0 Å². The molecule has 1 atom stereocenters. The van der Waals surface area contributed by atoms with E-state index in [1.165, 1.54) is 11.9 Å². The predicted molar refractivity (Wildman–Crippen MR) is 89.9 cm³/mol. The number of likely N-dealkylation sites (tertiary alicyclic amines) is 1. The summed E-state index contributed by atoms with van der Waals surface area (Å²) in [6.45, 7) is 3.94. The van der Waals surface area contributed by atoms with Gasteiger partial charge in [0.05, 0.1) is 35.0 Å². The van der Waals surface area contributed by atoms with Crippen molar-refractivity contribution in [1.29, 1.82) is 0 Å². The lowest BCUT2D eigenvalue weighted by atomic mass is 10.1. The second-order valence-corrected chi connectivity index (χ2v) is 6.29. The van der Waals surface area contributed by atoms with E-state index in [4.69, 9.17) is 4.98 Å². The quantitative estimate of drug-likeness (QED) is 0.746. The van der Waals surface area contributed by atoms with Crippen LogP contribution in [0.25, 0.3) is 11.0 Å². The van der Waals surface area contributed by atoms with Gasteiger partial charge in [-0.25, -0.2) is 4.98 Å². The third-order valence-corrected chi connectivity index (χ3v) is 4.70. The van der Waals surface area contributed by atoms with Crippen LogP contribution >= 0.6 is 0 Å². The van der Waals surface area contributed by atoms with E-state index in [-0.39, 0.29) is 0 Å². The Labute approximate surface area is 136 Å². The molecule has 2 aromatic heterocycles. The highest BCUT2D eigenvalue weighted by molar-refractivity contribution is 5.75. The molecule has 23 heavy (non-hydrogen) atoms. The molecule has 3 heterocycles. The third-order valence-electron chi connectivity index (χ3n) is 4.70. The highest BCUT2D eigenvalue weighted by atomic mass is 15.2. The van der Waals surface area contributed by atoms with Crippen molar-refractivity contribution >= 4 is 11.0 Å². The maximum absolute atomic E-state index is 4.81. The van der Waals surface area contributed by atoms with Crippen LogP contribution < -0.4 is 0 Å². The third kappa shape index (κ3) is 2.61. The van der Waals surface area contributed by atoms with Gasteiger partial charge in [0.2, 0.25) is 0 Å². The van der Waals surface area contributed by atoms with E-state index in [0.29, 0.717) is 6.04 Å². The Morgan fingerprint density at radius 1 is 1.17 bits per heavy atom. The largest absolute Gasteiger partial charge is 0.330 e. The molecule has 4 rings (SSSR count). The fourth-order valence-corrected chi connectivity index (χ4v) is 3.51. The number of aryl methyl sites for hydroxylation is 2. The van der Waals surface area contributed by atoms with Gasteiger partial charge in [0.25, 0.3) is 0 Å². The van der Waals surface area contributed by atoms with Crippen LogP contribution in [0.2, 0.25) is 0 Å². The Morgan fingerprint density at radius 3 is 2.87 bits per heavy atom. The topological polar surface area (TPSA) is 46.8 Å². The van der Waals surface area contributed by atoms with Crippen molar-refractivity contribution in [2.45, 2.75) is 32.4 Å². The standard InChI is InChI=1S/C18H21N5/c1-13-10-19-11-15(20-13)17-8-5-9-23(17)12-18-21-14-6-3-4-7-16(14)22(18)2/h3-4,6-7,10-11,17H,5,8-9,12H2,1-2H3/t17-/m1/s1. The van der Waals surface area contributed by atoms with Gasteiger partial charge in [-0.05, 0) is 38.4 Å². The van der Waals surface area contributed by atoms with Crippen molar-refractivity contribution in [3.8, 4) is 0 Å². The van der Waals surface area contributed by atoms with E-state index in [0.717, 1.165) is 42.2 Å². The van der Waals surface area contributed by atoms with Crippen LogP contribution in [0.15, 0.2) is 36.7 Å². The van der Waals surface area contributed by atoms with Gasteiger partial charge in [-0.2, -0.15) is 0 Å². The van der Waals surface area contributed by atoms with Gasteiger partial charge in [0.1, 0.15) is 5.82 Å². The SMILES string of the molecule is Cc1cncc([C@H]2CCCN2Cc2nc3ccccc3n2C)n1. The fraction of sp³-hybridized carbons (Fsp3) is 0.389. The summed E-state index contributed by atoms with van der Waals surface area (Å²) >= 11 is 0. The lowest BCUT2D eigenvalue weighted by Crippen LogP contribution is -2.25. The lowest BCUT2D eigenvalue weighted by molar-refractivity contribution is 0.236. The molecule has 5 heteroatoms. The zero-order valence-corrected chi connectivity index (χ0v) is 13.6. The molecule has 0 unspecified atom stereocenters. The molecule has 0 spiro atoms. The number of hydrogen-bond donors (Lipinski definition) is 0. The molecule has 0 N–H and O–H groups in total. The Bertz CT molecular complexity index is 838. The van der Waals surface area contributed by atoms with Gasteiger partial charge in [-0.3, -0.25) is 14.9 Å². The van der Waals surface area contributed by atoms with E-state index in [1.54, 1.807) is 0 Å². The first kappa shape index (κ1) is 14.3. The first-order valence-electron chi connectivity index (χ1n) is 8.15. The molecule has 5 nitrogen and oxygen atoms in total. The summed E-state index contributed by atoms with van der Waals surface area (Å²) < 4.78 is 2.20. The van der Waals surface area contributed by atoms with Gasteiger partial charge in [0, 0.05) is 19.4 Å². The van der Waals surface area contributed by atoms with Gasteiger partial charge in [-0.1, -0.05) is 12.1 Å². The van der Waals surface area contributed by atoms with Gasteiger partial charge in [-0.15, -0.1) is 0 Å². The van der Waals surface area contributed by atoms with Crippen LogP contribution in [0.3, 0.4) is 0 Å². The summed E-state index contributed by atoms with van der Waals surface area (Å²) in [6, 6.07) is 8.66. The van der Waals surface area contributed by atoms with Gasteiger partial charge >= 0.3 is 0 Å². The fourth-order valence-electron chi connectivity index (χ4n) is 3.51. The van der Waals surface area contributed by atoms with Crippen molar-refractivity contribution in [2.75, 3.05) is 6.54 Å². The van der Waals surface area contributed by atoms with Crippen LogP contribution in [-0.4, -0.2) is 31.0 Å². The molecule has 0 radical (unpaired) electrons. The highest BCUT2D eigenvalue weighted by Gasteiger charge is 2.28. The highest BCUT2D eigenvalue weighted by Crippen LogP contribution is 2.32. The number of imidazole rings is 1. The van der Waals surface area contributed by atoms with E-state index in [9.17, 15) is 0 Å². The first-order valence-corrected chi connectivity index (χ1v) is 8.15. The van der Waals surface area contributed by atoms with Crippen LogP contribution in [0, 0.1) is 6.92 Å². The number of hydrogen-bond acceptors (Lipinski definition) is 4. The molecule has 0 amide bonds. The van der Waals surface area contributed by atoms with Gasteiger partial charge < -0.3 is 4.57 Å². The minimum absolute atomic E-state index is 0.349. The van der Waals surface area contributed by atoms with Crippen molar-refractivity contribution in [1.82, 2.24) is 24.4 Å². The monoisotopic (exact) mass is 307 g/mol. The molecule has 0 bridgehead atoms. The summed E-state index contributed by atoms with van der Waals surface area (Å²) in [5.41, 5.74) is 4.32. The number of aromatic nitrogens is 4. The molecule has 0 saturated carbocycles. The second-order valence-electron chi connectivity index (χ2n) is 6.29. The normalized spacial score (nSPS) is 18.8. The van der Waals surface area contributed by atoms with Crippen molar-refractivity contribution in [3.05, 3.63) is 53.9 Å². The Hall–Kier alpha value is -2.27. The molecule has 1 saturated heterocycles. The maximum atomic E-state index is 4.81. The maximum Gasteiger partial charge on any atom is 0.123 e. The van der Waals surface area contributed by atoms with Crippen LogP contribution in [0.1, 0.15) is 36.1 Å².